The van der Waals surface area contributed by atoms with E-state index in [0.717, 1.165) is 30.8 Å². The average Bonchev–Trinajstić information content (AvgIpc) is 3.82. The molecule has 0 saturated heterocycles. The Bertz CT molecular complexity index is 1480. The molecule has 0 radical (unpaired) electrons. The highest BCUT2D eigenvalue weighted by Gasteiger charge is 2.30. The van der Waals surface area contributed by atoms with Gasteiger partial charge in [-0.15, -0.1) is 0 Å². The number of benzene rings is 1. The summed E-state index contributed by atoms with van der Waals surface area (Å²) in [5, 5.41) is 0. The van der Waals surface area contributed by atoms with E-state index >= 15 is 0 Å². The molecule has 202 valence electrons. The summed E-state index contributed by atoms with van der Waals surface area (Å²) in [5.74, 6) is 2.00. The number of hydrogen-bond donors (Lipinski definition) is 0. The Morgan fingerprint density at radius 2 is 1.27 bits per heavy atom. The molecule has 6 rings (SSSR count). The lowest BCUT2D eigenvalue weighted by atomic mass is 9.81. The third-order valence-electron chi connectivity index (χ3n) is 6.83. The van der Waals surface area contributed by atoms with Crippen LogP contribution in [0.15, 0.2) is 153 Å². The zero-order valence-corrected chi connectivity index (χ0v) is 24.0. The van der Waals surface area contributed by atoms with Gasteiger partial charge in [0.25, 0.3) is 0 Å². The van der Waals surface area contributed by atoms with Crippen molar-refractivity contribution in [3.8, 4) is 5.75 Å². The third-order valence-corrected chi connectivity index (χ3v) is 10.2. The summed E-state index contributed by atoms with van der Waals surface area (Å²) in [6.07, 6.45) is 27.4. The van der Waals surface area contributed by atoms with Gasteiger partial charge in [-0.2, -0.15) is 0 Å². The molecule has 1 unspecified atom stereocenters. The average molecular weight is 567 g/mol. The second kappa shape index (κ2) is 12.5. The molecule has 0 saturated carbocycles. The molecule has 4 aromatic heterocycles. The number of rotatable bonds is 11. The van der Waals surface area contributed by atoms with Gasteiger partial charge in [0.1, 0.15) is 11.5 Å². The van der Waals surface area contributed by atoms with E-state index < -0.39 is 16.9 Å². The highest BCUT2D eigenvalue weighted by molar-refractivity contribution is 7.49. The molecule has 40 heavy (non-hydrogen) atoms. The van der Waals surface area contributed by atoms with Crippen molar-refractivity contribution < 1.29 is 9.05 Å². The smallest absolute Gasteiger partial charge is 0.317 e. The van der Waals surface area contributed by atoms with E-state index in [2.05, 4.69) is 97.8 Å². The fraction of sp³-hybridized carbons (Fsp3) is 0.125. The minimum atomic E-state index is -1.15. The summed E-state index contributed by atoms with van der Waals surface area (Å²) < 4.78 is 22.3. The summed E-state index contributed by atoms with van der Waals surface area (Å²) >= 11 is 0. The summed E-state index contributed by atoms with van der Waals surface area (Å²) in [6.45, 7) is 3.85. The van der Waals surface area contributed by atoms with E-state index in [1.165, 1.54) is 11.1 Å². The third kappa shape index (κ3) is 5.65. The molecule has 1 aromatic carbocycles. The summed E-state index contributed by atoms with van der Waals surface area (Å²) in [6, 6.07) is 22.8. The summed E-state index contributed by atoms with van der Waals surface area (Å²) in [5.41, 5.74) is 2.53. The van der Waals surface area contributed by atoms with Crippen LogP contribution in [0.25, 0.3) is 0 Å². The van der Waals surface area contributed by atoms with Crippen molar-refractivity contribution in [1.29, 1.82) is 0 Å². The van der Waals surface area contributed by atoms with Crippen LogP contribution in [-0.4, -0.2) is 17.4 Å². The van der Waals surface area contributed by atoms with Gasteiger partial charge in [-0.25, -0.2) is 0 Å². The summed E-state index contributed by atoms with van der Waals surface area (Å²) in [7, 11) is -2.26. The van der Waals surface area contributed by atoms with E-state index in [0.29, 0.717) is 0 Å². The van der Waals surface area contributed by atoms with Gasteiger partial charge in [-0.3, -0.25) is 17.4 Å². The topological polar surface area (TPSA) is 38.2 Å². The lowest BCUT2D eigenvalue weighted by Crippen LogP contribution is -2.16. The minimum absolute atomic E-state index is 0.113. The van der Waals surface area contributed by atoms with E-state index in [9.17, 15) is 0 Å². The van der Waals surface area contributed by atoms with Gasteiger partial charge < -0.3 is 9.05 Å². The van der Waals surface area contributed by atoms with E-state index in [4.69, 9.17) is 9.05 Å². The highest BCUT2D eigenvalue weighted by atomic mass is 31.2. The van der Waals surface area contributed by atoms with Gasteiger partial charge in [0, 0.05) is 55.5 Å². The largest absolute Gasteiger partial charge is 0.440 e. The van der Waals surface area contributed by atoms with Crippen molar-refractivity contribution in [1.82, 2.24) is 17.4 Å². The number of nitrogens with zero attached hydrogens (tertiary/aromatic N) is 4. The zero-order chi connectivity index (χ0) is 27.1. The van der Waals surface area contributed by atoms with Crippen molar-refractivity contribution in [2.45, 2.75) is 25.2 Å². The van der Waals surface area contributed by atoms with Crippen LogP contribution in [0.1, 0.15) is 29.9 Å². The van der Waals surface area contributed by atoms with E-state index in [1.807, 2.05) is 60.7 Å². The predicted molar refractivity (Wildman–Crippen MR) is 164 cm³/mol. The first-order valence-electron chi connectivity index (χ1n) is 13.4. The Kier molecular flexibility index (Phi) is 8.18. The molecule has 1 atom stereocenters. The van der Waals surface area contributed by atoms with Crippen LogP contribution < -0.4 is 4.52 Å². The Morgan fingerprint density at radius 3 is 1.82 bits per heavy atom. The molecule has 0 fully saturated rings. The van der Waals surface area contributed by atoms with Gasteiger partial charge >= 0.3 is 16.9 Å². The fourth-order valence-corrected chi connectivity index (χ4v) is 8.11. The SMILES string of the molecule is C=C/C=C\C=C(/OP(n1cccc1)n1cccc1)C1CCCc2c(OP(n3cccc3)n3cccc3)cccc21. The molecule has 0 aliphatic heterocycles. The molecular weight excluding hydrogens is 534 g/mol. The van der Waals surface area contributed by atoms with Gasteiger partial charge in [0.2, 0.25) is 0 Å². The van der Waals surface area contributed by atoms with Crippen LogP contribution >= 0.6 is 16.9 Å². The molecule has 6 nitrogen and oxygen atoms in total. The normalized spacial score (nSPS) is 15.6. The van der Waals surface area contributed by atoms with E-state index in [1.54, 1.807) is 6.08 Å². The van der Waals surface area contributed by atoms with Crippen LogP contribution in [0.2, 0.25) is 0 Å². The van der Waals surface area contributed by atoms with Crippen LogP contribution in [0, 0.1) is 0 Å². The van der Waals surface area contributed by atoms with Crippen molar-refractivity contribution in [2.75, 3.05) is 0 Å². The van der Waals surface area contributed by atoms with Crippen LogP contribution in [0.5, 0.6) is 5.75 Å². The Labute approximate surface area is 238 Å². The first-order chi connectivity index (χ1) is 19.8. The molecule has 1 aliphatic carbocycles. The number of allylic oxidation sites excluding steroid dienone is 5. The first kappa shape index (κ1) is 26.3. The molecule has 1 aliphatic rings. The maximum absolute atomic E-state index is 6.94. The Balaban J connectivity index is 1.36. The van der Waals surface area contributed by atoms with Crippen molar-refractivity contribution in [3.05, 3.63) is 164 Å². The molecular formula is C32H32N4O2P2. The molecule has 0 bridgehead atoms. The maximum Gasteiger partial charge on any atom is 0.317 e. The van der Waals surface area contributed by atoms with Gasteiger partial charge in [0.15, 0.2) is 0 Å². The Morgan fingerprint density at radius 1 is 0.725 bits per heavy atom. The molecule has 0 amide bonds. The summed E-state index contributed by atoms with van der Waals surface area (Å²) in [4.78, 5) is 0. The van der Waals surface area contributed by atoms with Crippen LogP contribution in [-0.2, 0) is 10.9 Å². The van der Waals surface area contributed by atoms with Crippen LogP contribution in [0.4, 0.5) is 0 Å². The molecule has 0 spiro atoms. The predicted octanol–water partition coefficient (Wildman–Crippen LogP) is 8.98. The molecule has 5 aromatic rings. The Hall–Kier alpha value is -3.98. The second-order valence-electron chi connectivity index (χ2n) is 9.40. The fourth-order valence-electron chi connectivity index (χ4n) is 5.00. The number of hydrogen-bond acceptors (Lipinski definition) is 2. The lowest BCUT2D eigenvalue weighted by molar-refractivity contribution is 0.387. The van der Waals surface area contributed by atoms with E-state index in [-0.39, 0.29) is 5.92 Å². The number of aromatic nitrogens is 4. The van der Waals surface area contributed by atoms with Gasteiger partial charge in [-0.05, 0) is 91.1 Å². The second-order valence-corrected chi connectivity index (χ2v) is 12.6. The van der Waals surface area contributed by atoms with Crippen molar-refractivity contribution >= 4 is 16.9 Å². The molecule has 0 N–H and O–H groups in total. The minimum Gasteiger partial charge on any atom is -0.440 e. The lowest BCUT2D eigenvalue weighted by Gasteiger charge is -2.31. The van der Waals surface area contributed by atoms with Crippen molar-refractivity contribution in [3.63, 3.8) is 0 Å². The standard InChI is InChI=1S/C32H32N4O2P2/c1-2-3-4-18-31(37-39(33-20-5-6-21-33)34-22-7-8-23-34)29-16-13-17-30-28(29)15-14-19-32(30)38-40(35-24-9-10-25-35)36-26-11-12-27-36/h2-12,14-15,18-27,29H,1,13,16-17H2/b4-3-,31-18-. The molecule has 8 heteroatoms. The van der Waals surface area contributed by atoms with Gasteiger partial charge in [-0.1, -0.05) is 36.9 Å². The monoisotopic (exact) mass is 566 g/mol. The van der Waals surface area contributed by atoms with Crippen LogP contribution in [0.3, 0.4) is 0 Å². The maximum atomic E-state index is 6.94. The quantitative estimate of drug-likeness (QED) is 0.0909. The van der Waals surface area contributed by atoms with Gasteiger partial charge in [0.05, 0.1) is 0 Å². The number of fused-ring (bicyclic) bond motifs is 1. The molecule has 4 heterocycles. The highest BCUT2D eigenvalue weighted by Crippen LogP contribution is 2.50. The van der Waals surface area contributed by atoms with Crippen molar-refractivity contribution in [2.24, 2.45) is 0 Å². The zero-order valence-electron chi connectivity index (χ0n) is 22.2. The first-order valence-corrected chi connectivity index (χ1v) is 15.7.